The third kappa shape index (κ3) is 4.57. The predicted octanol–water partition coefficient (Wildman–Crippen LogP) is 4.82. The Hall–Kier alpha value is -3.06. The Balaban J connectivity index is 2.08. The van der Waals surface area contributed by atoms with Crippen LogP contribution < -0.4 is 10.3 Å². The van der Waals surface area contributed by atoms with E-state index in [2.05, 4.69) is 5.10 Å². The first-order valence-electron chi connectivity index (χ1n) is 9.16. The minimum Gasteiger partial charge on any atom is -0.480 e. The van der Waals surface area contributed by atoms with E-state index in [1.807, 2.05) is 37.3 Å². The number of carbonyl (C=O) groups is 1. The van der Waals surface area contributed by atoms with E-state index in [-0.39, 0.29) is 33.6 Å². The third-order valence-electron chi connectivity index (χ3n) is 4.64. The van der Waals surface area contributed by atoms with E-state index in [0.29, 0.717) is 6.42 Å². The first kappa shape index (κ1) is 21.6. The fourth-order valence-corrected chi connectivity index (χ4v) is 3.40. The quantitative estimate of drug-likeness (QED) is 0.502. The van der Waals surface area contributed by atoms with Gasteiger partial charge in [0.2, 0.25) is 11.7 Å². The van der Waals surface area contributed by atoms with Gasteiger partial charge >= 0.3 is 6.43 Å². The van der Waals surface area contributed by atoms with Gasteiger partial charge in [0.05, 0.1) is 18.7 Å². The predicted molar refractivity (Wildman–Crippen MR) is 111 cm³/mol. The molecule has 0 saturated carbocycles. The largest absolute Gasteiger partial charge is 0.480 e. The summed E-state index contributed by atoms with van der Waals surface area (Å²) in [7, 11) is 1.35. The van der Waals surface area contributed by atoms with Gasteiger partial charge in [-0.15, -0.1) is 5.10 Å². The van der Waals surface area contributed by atoms with Crippen molar-refractivity contribution in [2.24, 2.45) is 0 Å². The van der Waals surface area contributed by atoms with Crippen LogP contribution in [-0.2, 0) is 6.42 Å². The van der Waals surface area contributed by atoms with Gasteiger partial charge in [-0.05, 0) is 42.7 Å². The van der Waals surface area contributed by atoms with Crippen LogP contribution >= 0.6 is 11.6 Å². The van der Waals surface area contributed by atoms with Crippen LogP contribution in [0, 0.1) is 0 Å². The summed E-state index contributed by atoms with van der Waals surface area (Å²) < 4.78 is 32.7. The van der Waals surface area contributed by atoms with E-state index in [0.717, 1.165) is 5.56 Å². The maximum absolute atomic E-state index is 13.1. The van der Waals surface area contributed by atoms with Gasteiger partial charge in [0.25, 0.3) is 5.56 Å². The monoisotopic (exact) mass is 432 g/mol. The summed E-state index contributed by atoms with van der Waals surface area (Å²) >= 11 is 6.01. The second-order valence-corrected chi connectivity index (χ2v) is 7.18. The van der Waals surface area contributed by atoms with Crippen LogP contribution in [0.2, 0.25) is 5.02 Å². The van der Waals surface area contributed by atoms with Crippen molar-refractivity contribution in [1.82, 2.24) is 9.78 Å². The van der Waals surface area contributed by atoms with Gasteiger partial charge in [-0.1, -0.05) is 41.9 Å². The molecule has 1 unspecified atom stereocenters. The number of hydrogen-bond acceptors (Lipinski definition) is 4. The molecule has 0 aliphatic heterocycles. The number of carbonyl (C=O) groups excluding carboxylic acids is 1. The number of rotatable bonds is 7. The van der Waals surface area contributed by atoms with Gasteiger partial charge < -0.3 is 4.74 Å². The third-order valence-corrected chi connectivity index (χ3v) is 4.88. The molecular weight excluding hydrogens is 414 g/mol. The maximum atomic E-state index is 13.1. The molecular formula is C22H19ClF2N2O3. The summed E-state index contributed by atoms with van der Waals surface area (Å²) in [5.74, 6) is -1.34. The standard InChI is InChI=1S/C22H19ClF2N2O3/c1-13(10-14-6-4-3-5-7-14)27-19(28)12-18(22(26-27)30-2)17-11-15(23)8-9-16(17)20(29)21(24)25/h3-9,11-13,21H,10H2,1-2H3. The zero-order chi connectivity index (χ0) is 21.8. The lowest BCUT2D eigenvalue weighted by molar-refractivity contribution is 0.0679. The molecule has 1 atom stereocenters. The van der Waals surface area contributed by atoms with Crippen LogP contribution in [0.25, 0.3) is 11.1 Å². The summed E-state index contributed by atoms with van der Waals surface area (Å²) in [6, 6.07) is 14.4. The molecule has 0 aliphatic rings. The maximum Gasteiger partial charge on any atom is 0.300 e. The van der Waals surface area contributed by atoms with Gasteiger partial charge in [0, 0.05) is 16.7 Å². The Morgan fingerprint density at radius 1 is 1.13 bits per heavy atom. The summed E-state index contributed by atoms with van der Waals surface area (Å²) in [5, 5.41) is 4.50. The minimum atomic E-state index is -3.20. The van der Waals surface area contributed by atoms with Gasteiger partial charge in [-0.25, -0.2) is 13.5 Å². The lowest BCUT2D eigenvalue weighted by Crippen LogP contribution is -2.27. The highest BCUT2D eigenvalue weighted by Gasteiger charge is 2.25. The number of hydrogen-bond donors (Lipinski definition) is 0. The molecule has 1 heterocycles. The van der Waals surface area contributed by atoms with Gasteiger partial charge in [-0.3, -0.25) is 9.59 Å². The van der Waals surface area contributed by atoms with Crippen LogP contribution in [0.5, 0.6) is 5.88 Å². The second kappa shape index (κ2) is 9.17. The number of halogens is 3. The Morgan fingerprint density at radius 2 is 1.83 bits per heavy atom. The molecule has 0 aliphatic carbocycles. The molecule has 30 heavy (non-hydrogen) atoms. The van der Waals surface area contributed by atoms with E-state index >= 15 is 0 Å². The van der Waals surface area contributed by atoms with Crippen molar-refractivity contribution in [3.63, 3.8) is 0 Å². The molecule has 8 heteroatoms. The van der Waals surface area contributed by atoms with E-state index in [4.69, 9.17) is 16.3 Å². The smallest absolute Gasteiger partial charge is 0.300 e. The van der Waals surface area contributed by atoms with Crippen molar-refractivity contribution in [3.8, 4) is 17.0 Å². The number of alkyl halides is 2. The average Bonchev–Trinajstić information content (AvgIpc) is 2.73. The highest BCUT2D eigenvalue weighted by atomic mass is 35.5. The molecule has 0 bridgehead atoms. The van der Waals surface area contributed by atoms with Gasteiger partial charge in [-0.2, -0.15) is 0 Å². The zero-order valence-electron chi connectivity index (χ0n) is 16.3. The Bertz CT molecular complexity index is 1120. The SMILES string of the molecule is COc1nn(C(C)Cc2ccccc2)c(=O)cc1-c1cc(Cl)ccc1C(=O)C(F)F. The zero-order valence-corrected chi connectivity index (χ0v) is 17.1. The lowest BCUT2D eigenvalue weighted by Gasteiger charge is -2.17. The fraction of sp³-hybridized carbons (Fsp3) is 0.227. The molecule has 0 radical (unpaired) electrons. The van der Waals surface area contributed by atoms with Crippen LogP contribution in [0.1, 0.15) is 28.9 Å². The van der Waals surface area contributed by atoms with E-state index < -0.39 is 17.8 Å². The summed E-state index contributed by atoms with van der Waals surface area (Å²) in [6.07, 6.45) is -2.64. The van der Waals surface area contributed by atoms with E-state index in [1.54, 1.807) is 0 Å². The highest BCUT2D eigenvalue weighted by molar-refractivity contribution is 6.31. The lowest BCUT2D eigenvalue weighted by atomic mass is 9.98. The molecule has 0 fully saturated rings. The summed E-state index contributed by atoms with van der Waals surface area (Å²) in [5.41, 5.74) is 0.504. The highest BCUT2D eigenvalue weighted by Crippen LogP contribution is 2.33. The molecule has 156 valence electrons. The van der Waals surface area contributed by atoms with Gasteiger partial charge in [0.1, 0.15) is 0 Å². The first-order chi connectivity index (χ1) is 14.3. The van der Waals surface area contributed by atoms with Crippen LogP contribution in [-0.4, -0.2) is 29.1 Å². The Kier molecular flexibility index (Phi) is 6.62. The van der Waals surface area contributed by atoms with E-state index in [9.17, 15) is 18.4 Å². The fourth-order valence-electron chi connectivity index (χ4n) is 3.23. The average molecular weight is 433 g/mol. The van der Waals surface area contributed by atoms with Crippen LogP contribution in [0.4, 0.5) is 8.78 Å². The Labute approximate surface area is 176 Å². The van der Waals surface area contributed by atoms with Crippen molar-refractivity contribution in [2.45, 2.75) is 25.8 Å². The Morgan fingerprint density at radius 3 is 2.47 bits per heavy atom. The molecule has 2 aromatic carbocycles. The number of methoxy groups -OCH3 is 1. The normalized spacial score (nSPS) is 12.1. The second-order valence-electron chi connectivity index (χ2n) is 6.74. The van der Waals surface area contributed by atoms with Crippen molar-refractivity contribution in [2.75, 3.05) is 7.11 Å². The van der Waals surface area contributed by atoms with Crippen molar-refractivity contribution in [1.29, 1.82) is 0 Å². The van der Waals surface area contributed by atoms with Crippen LogP contribution in [0.3, 0.4) is 0 Å². The van der Waals surface area contributed by atoms with Crippen molar-refractivity contribution in [3.05, 3.63) is 81.1 Å². The van der Waals surface area contributed by atoms with Crippen molar-refractivity contribution < 1.29 is 18.3 Å². The number of ether oxygens (including phenoxy) is 1. The summed E-state index contributed by atoms with van der Waals surface area (Å²) in [4.78, 5) is 24.8. The van der Waals surface area contributed by atoms with Crippen molar-refractivity contribution >= 4 is 17.4 Å². The van der Waals surface area contributed by atoms with E-state index in [1.165, 1.54) is 36.1 Å². The number of nitrogens with zero attached hydrogens (tertiary/aromatic N) is 2. The number of ketones is 1. The van der Waals surface area contributed by atoms with Gasteiger partial charge in [0.15, 0.2) is 0 Å². The minimum absolute atomic E-state index is 0.0279. The molecule has 0 saturated heterocycles. The molecule has 0 N–H and O–H groups in total. The van der Waals surface area contributed by atoms with Crippen LogP contribution in [0.15, 0.2) is 59.4 Å². The summed E-state index contributed by atoms with van der Waals surface area (Å²) in [6.45, 7) is 1.84. The first-order valence-corrected chi connectivity index (χ1v) is 9.53. The topological polar surface area (TPSA) is 61.2 Å². The molecule has 3 aromatic rings. The molecule has 1 aromatic heterocycles. The molecule has 5 nitrogen and oxygen atoms in total. The number of Topliss-reactive ketones (excluding diaryl/α,β-unsaturated/α-hetero) is 1. The number of benzene rings is 2. The number of aromatic nitrogens is 2. The molecule has 0 amide bonds. The molecule has 0 spiro atoms. The molecule has 3 rings (SSSR count).